The first-order chi connectivity index (χ1) is 18.7. The maximum atomic E-state index is 9.82. The molecule has 0 fully saturated rings. The van der Waals surface area contributed by atoms with Gasteiger partial charge >= 0.3 is 23.1 Å². The number of hydrogen-bond donors (Lipinski definition) is 1. The van der Waals surface area contributed by atoms with Crippen molar-refractivity contribution in [3.8, 4) is 72.6 Å². The summed E-state index contributed by atoms with van der Waals surface area (Å²) in [6.07, 6.45) is 15.6. The van der Waals surface area contributed by atoms with Crippen LogP contribution < -0.4 is 17.0 Å². The van der Waals surface area contributed by atoms with Gasteiger partial charge in [0.15, 0.2) is 12.4 Å². The maximum Gasteiger partial charge on any atom is 2.00 e. The topological polar surface area (TPSA) is 55.8 Å². The summed E-state index contributed by atoms with van der Waals surface area (Å²) in [6.45, 7) is 6.06. The standard InChI is InChI=1S/C16H14O2.C10H8O.C6H6O.C2H5.BrH.Mg/c1-2-13-18-14-7-12-16(17)11-6-10-15-8-4-3-5-9-15;11-9-5-4-8-10-6-2-1-3-7-10;1-3-5-7-6-4-2;1-2;;/h1,3-5,8-9,16-17H,10,13-14H2;1-3,6-7,9H,8H2;1-2H,5-6H2;1H2,2H3;1H;/q;;;-1;;+2/p-1. The number of rotatable bonds is 6. The van der Waals surface area contributed by atoms with Crippen LogP contribution >= 0.6 is 0 Å². The second-order valence-electron chi connectivity index (χ2n) is 6.41. The van der Waals surface area contributed by atoms with E-state index in [0.717, 1.165) is 11.1 Å². The maximum absolute atomic E-state index is 9.82. The fraction of sp³-hybridized carbons (Fsp3) is 0.235. The first kappa shape index (κ1) is 43.6. The molecule has 0 radical (unpaired) electrons. The third-order valence-corrected chi connectivity index (χ3v) is 3.64. The molecule has 0 saturated carbocycles. The van der Waals surface area contributed by atoms with E-state index in [1.165, 1.54) is 0 Å². The molecule has 1 N–H and O–H groups in total. The summed E-state index contributed by atoms with van der Waals surface area (Å²) in [5, 5.41) is 9.44. The van der Waals surface area contributed by atoms with Crippen LogP contribution in [0, 0.1) is 79.5 Å². The number of aliphatic hydroxyl groups is 1. The summed E-state index contributed by atoms with van der Waals surface area (Å²) in [5.41, 5.74) is 2.25. The zero-order valence-corrected chi connectivity index (χ0v) is 25.9. The second kappa shape index (κ2) is 37.7. The van der Waals surface area contributed by atoms with Crippen molar-refractivity contribution in [3.05, 3.63) is 78.7 Å². The van der Waals surface area contributed by atoms with E-state index in [1.54, 1.807) is 6.92 Å². The van der Waals surface area contributed by atoms with Gasteiger partial charge in [-0.15, -0.1) is 19.3 Å². The molecule has 1 atom stereocenters. The van der Waals surface area contributed by atoms with Crippen molar-refractivity contribution in [3.63, 3.8) is 0 Å². The normalized spacial score (nSPS) is 8.10. The van der Waals surface area contributed by atoms with Crippen molar-refractivity contribution in [1.82, 2.24) is 0 Å². The van der Waals surface area contributed by atoms with E-state index in [0.29, 0.717) is 32.3 Å². The zero-order chi connectivity index (χ0) is 28.5. The molecule has 0 aliphatic carbocycles. The van der Waals surface area contributed by atoms with Crippen molar-refractivity contribution >= 4 is 29.3 Å². The van der Waals surface area contributed by atoms with E-state index in [2.05, 4.69) is 64.9 Å². The van der Waals surface area contributed by atoms with E-state index < -0.39 is 6.10 Å². The van der Waals surface area contributed by atoms with Gasteiger partial charge < -0.3 is 38.5 Å². The number of terminal acetylenes is 3. The molecule has 0 spiro atoms. The molecule has 1 unspecified atom stereocenters. The van der Waals surface area contributed by atoms with Crippen molar-refractivity contribution < 1.29 is 36.4 Å². The van der Waals surface area contributed by atoms with E-state index in [9.17, 15) is 9.90 Å². The minimum absolute atomic E-state index is 0. The van der Waals surface area contributed by atoms with Gasteiger partial charge in [-0.3, -0.25) is 4.79 Å². The molecule has 0 heterocycles. The minimum Gasteiger partial charge on any atom is -1.00 e. The van der Waals surface area contributed by atoms with Crippen LogP contribution in [0.2, 0.25) is 0 Å². The minimum atomic E-state index is -0.942. The van der Waals surface area contributed by atoms with Gasteiger partial charge in [0.05, 0.1) is 0 Å². The van der Waals surface area contributed by atoms with Crippen LogP contribution in [0.25, 0.3) is 0 Å². The Kier molecular flexibility index (Phi) is 41.2. The van der Waals surface area contributed by atoms with Crippen molar-refractivity contribution in [2.45, 2.75) is 25.9 Å². The van der Waals surface area contributed by atoms with Crippen molar-refractivity contribution in [2.75, 3.05) is 26.4 Å². The van der Waals surface area contributed by atoms with Crippen molar-refractivity contribution in [1.29, 1.82) is 0 Å². The quantitative estimate of drug-likeness (QED) is 0.170. The van der Waals surface area contributed by atoms with Gasteiger partial charge in [-0.25, -0.2) is 0 Å². The van der Waals surface area contributed by atoms with E-state index in [4.69, 9.17) is 24.0 Å². The van der Waals surface area contributed by atoms with E-state index >= 15 is 0 Å². The van der Waals surface area contributed by atoms with Crippen LogP contribution in [0.4, 0.5) is 0 Å². The number of aldehydes is 1. The molecule has 202 valence electrons. The Hall–Kier alpha value is -3.40. The van der Waals surface area contributed by atoms with E-state index in [-0.39, 0.29) is 53.2 Å². The molecule has 40 heavy (non-hydrogen) atoms. The average molecular weight is 610 g/mol. The molecule has 0 aliphatic heterocycles. The van der Waals surface area contributed by atoms with Crippen LogP contribution in [0.1, 0.15) is 18.1 Å². The predicted octanol–water partition coefficient (Wildman–Crippen LogP) is 0.411. The number of benzene rings is 2. The Morgan fingerprint density at radius 3 is 1.57 bits per heavy atom. The Labute approximate surface area is 267 Å². The molecule has 6 heteroatoms. The molecule has 2 aromatic carbocycles. The number of carbonyl (C=O) groups excluding carboxylic acids is 1. The van der Waals surface area contributed by atoms with Crippen LogP contribution in [0.5, 0.6) is 0 Å². The van der Waals surface area contributed by atoms with E-state index in [1.807, 2.05) is 60.7 Å². The monoisotopic (exact) mass is 608 g/mol. The zero-order valence-electron chi connectivity index (χ0n) is 22.9. The molecule has 0 saturated heterocycles. The summed E-state index contributed by atoms with van der Waals surface area (Å²) >= 11 is 0. The van der Waals surface area contributed by atoms with Crippen LogP contribution in [0.15, 0.2) is 60.7 Å². The third kappa shape index (κ3) is 32.6. The third-order valence-electron chi connectivity index (χ3n) is 3.64. The summed E-state index contributed by atoms with van der Waals surface area (Å²) in [6, 6.07) is 19.7. The average Bonchev–Trinajstić information content (AvgIpc) is 2.96. The molecule has 0 amide bonds. The summed E-state index contributed by atoms with van der Waals surface area (Å²) in [4.78, 5) is 9.82. The molecule has 4 nitrogen and oxygen atoms in total. The van der Waals surface area contributed by atoms with Gasteiger partial charge in [-0.05, 0) is 17.0 Å². The number of carbonyl (C=O) groups is 1. The molecular weight excluding hydrogens is 577 g/mol. The molecule has 0 bridgehead atoms. The predicted molar refractivity (Wildman–Crippen MR) is 161 cm³/mol. The Morgan fingerprint density at radius 2 is 1.15 bits per heavy atom. The van der Waals surface area contributed by atoms with Crippen LogP contribution in [-0.2, 0) is 27.1 Å². The first-order valence-electron chi connectivity index (χ1n) is 11.5. The number of ether oxygens (including phenoxy) is 2. The van der Waals surface area contributed by atoms with Crippen LogP contribution in [0.3, 0.4) is 0 Å². The van der Waals surface area contributed by atoms with Gasteiger partial charge in [0.2, 0.25) is 0 Å². The Balaban J connectivity index is -0.000000253. The number of halogens is 1. The Morgan fingerprint density at radius 1 is 0.750 bits per heavy atom. The summed E-state index contributed by atoms with van der Waals surface area (Å²) in [7, 11) is 0. The van der Waals surface area contributed by atoms with Gasteiger partial charge in [-0.1, -0.05) is 108 Å². The second-order valence-corrected chi connectivity index (χ2v) is 6.41. The molecular formula is C34H33BrMgO4. The molecule has 0 aliphatic rings. The SMILES string of the molecule is C#CCOCC#C.C#CCOCC#CC(O)C#CCc1ccccc1.O=CC#CCc1ccccc1.[Br-].[CH2-]C.[Mg+2]. The molecule has 0 aromatic heterocycles. The smallest absolute Gasteiger partial charge is 1.00 e. The molecule has 2 rings (SSSR count). The number of aliphatic hydroxyl groups excluding tert-OH is 1. The van der Waals surface area contributed by atoms with Gasteiger partial charge in [0, 0.05) is 12.8 Å². The summed E-state index contributed by atoms with van der Waals surface area (Å²) in [5.74, 6) is 22.7. The number of hydrogen-bond acceptors (Lipinski definition) is 4. The molecule has 2 aromatic rings. The van der Waals surface area contributed by atoms with Gasteiger partial charge in [0.1, 0.15) is 26.4 Å². The fourth-order valence-electron chi connectivity index (χ4n) is 2.14. The van der Waals surface area contributed by atoms with Gasteiger partial charge in [0.25, 0.3) is 0 Å². The van der Waals surface area contributed by atoms with Crippen LogP contribution in [-0.4, -0.2) is 67.0 Å². The largest absolute Gasteiger partial charge is 2.00 e. The Bertz CT molecular complexity index is 1160. The first-order valence-corrected chi connectivity index (χ1v) is 11.5. The fourth-order valence-corrected chi connectivity index (χ4v) is 2.14. The summed E-state index contributed by atoms with van der Waals surface area (Å²) < 4.78 is 9.60. The van der Waals surface area contributed by atoms with Gasteiger partial charge in [-0.2, -0.15) is 6.92 Å². The van der Waals surface area contributed by atoms with Crippen molar-refractivity contribution in [2.24, 2.45) is 0 Å².